The molecule has 0 aliphatic heterocycles. The average molecular weight is 453 g/mol. The van der Waals surface area contributed by atoms with Crippen LogP contribution in [0.5, 0.6) is 0 Å². The molecule has 0 aliphatic carbocycles. The Morgan fingerprint density at radius 2 is 1.82 bits per heavy atom. The normalized spacial score (nSPS) is 11.4. The standard InChI is InChI=1S/C23H18F3N5O2/c1-13-5-6-15(22(33)30-20-11-16(7-8-27-20)23(24,25)26)10-17(13)19-12-28-21-18(29-14(2)32)4-3-9-31(19)21/h3-12H,1-2H3,(H,29,32)(H,27,30,33). The SMILES string of the molecule is CC(=O)Nc1cccn2c(-c3cc(C(=O)Nc4cc(C(F)(F)F)ccn4)ccc3C)cnc12. The van der Waals surface area contributed by atoms with Crippen molar-refractivity contribution < 1.29 is 22.8 Å². The molecular weight excluding hydrogens is 435 g/mol. The zero-order valence-corrected chi connectivity index (χ0v) is 17.6. The second-order valence-corrected chi connectivity index (χ2v) is 7.35. The number of carbonyl (C=O) groups excluding carboxylic acids is 2. The first-order valence-electron chi connectivity index (χ1n) is 9.83. The van der Waals surface area contributed by atoms with Gasteiger partial charge in [-0.1, -0.05) is 6.07 Å². The minimum Gasteiger partial charge on any atom is -0.323 e. The third kappa shape index (κ3) is 4.54. The number of halogens is 3. The molecule has 168 valence electrons. The third-order valence-electron chi connectivity index (χ3n) is 4.95. The molecule has 0 radical (unpaired) electrons. The molecule has 4 rings (SSSR count). The zero-order valence-electron chi connectivity index (χ0n) is 17.6. The quantitative estimate of drug-likeness (QED) is 0.458. The highest BCUT2D eigenvalue weighted by Gasteiger charge is 2.31. The number of fused-ring (bicyclic) bond motifs is 1. The molecule has 0 bridgehead atoms. The summed E-state index contributed by atoms with van der Waals surface area (Å²) in [5, 5.41) is 5.14. The Hall–Kier alpha value is -4.21. The fourth-order valence-corrected chi connectivity index (χ4v) is 3.40. The van der Waals surface area contributed by atoms with E-state index in [-0.39, 0.29) is 17.3 Å². The van der Waals surface area contributed by atoms with E-state index >= 15 is 0 Å². The second-order valence-electron chi connectivity index (χ2n) is 7.35. The first-order chi connectivity index (χ1) is 15.6. The highest BCUT2D eigenvalue weighted by molar-refractivity contribution is 6.04. The summed E-state index contributed by atoms with van der Waals surface area (Å²) in [4.78, 5) is 32.4. The molecule has 10 heteroatoms. The van der Waals surface area contributed by atoms with Crippen LogP contribution in [0.2, 0.25) is 0 Å². The van der Waals surface area contributed by atoms with Crippen molar-refractivity contribution in [2.24, 2.45) is 0 Å². The van der Waals surface area contributed by atoms with Gasteiger partial charge in [0.25, 0.3) is 5.91 Å². The van der Waals surface area contributed by atoms with Crippen LogP contribution in [0, 0.1) is 6.92 Å². The zero-order chi connectivity index (χ0) is 23.8. The fourth-order valence-electron chi connectivity index (χ4n) is 3.40. The number of nitrogens with one attached hydrogen (secondary N) is 2. The van der Waals surface area contributed by atoms with Crippen molar-refractivity contribution in [1.29, 1.82) is 0 Å². The predicted octanol–water partition coefficient (Wildman–Crippen LogP) is 4.93. The summed E-state index contributed by atoms with van der Waals surface area (Å²) in [6.07, 6.45) is -0.149. The third-order valence-corrected chi connectivity index (χ3v) is 4.95. The number of aryl methyl sites for hydroxylation is 1. The van der Waals surface area contributed by atoms with Crippen LogP contribution in [-0.4, -0.2) is 26.2 Å². The van der Waals surface area contributed by atoms with Gasteiger partial charge in [-0.2, -0.15) is 13.2 Å². The average Bonchev–Trinajstić information content (AvgIpc) is 3.18. The molecule has 0 unspecified atom stereocenters. The highest BCUT2D eigenvalue weighted by Crippen LogP contribution is 2.31. The highest BCUT2D eigenvalue weighted by atomic mass is 19.4. The maximum atomic E-state index is 12.9. The molecule has 0 fully saturated rings. The number of nitrogens with zero attached hydrogens (tertiary/aromatic N) is 3. The molecule has 3 heterocycles. The lowest BCUT2D eigenvalue weighted by molar-refractivity contribution is -0.137. The van der Waals surface area contributed by atoms with Crippen LogP contribution >= 0.6 is 0 Å². The molecule has 0 aliphatic rings. The number of rotatable bonds is 4. The summed E-state index contributed by atoms with van der Waals surface area (Å²) in [6.45, 7) is 3.27. The van der Waals surface area contributed by atoms with Crippen molar-refractivity contribution in [1.82, 2.24) is 14.4 Å². The topological polar surface area (TPSA) is 88.4 Å². The number of aromatic nitrogens is 3. The fraction of sp³-hybridized carbons (Fsp3) is 0.130. The van der Waals surface area contributed by atoms with E-state index in [4.69, 9.17) is 0 Å². The number of imidazole rings is 1. The van der Waals surface area contributed by atoms with Gasteiger partial charge in [0.15, 0.2) is 5.65 Å². The summed E-state index contributed by atoms with van der Waals surface area (Å²) in [6, 6.07) is 10.0. The Bertz CT molecular complexity index is 1380. The minimum absolute atomic E-state index is 0.202. The lowest BCUT2D eigenvalue weighted by Crippen LogP contribution is -2.14. The second kappa shape index (κ2) is 8.38. The maximum Gasteiger partial charge on any atom is 0.416 e. The first kappa shape index (κ1) is 22.0. The lowest BCUT2D eigenvalue weighted by Gasteiger charge is -2.11. The van der Waals surface area contributed by atoms with Gasteiger partial charge in [0.2, 0.25) is 5.91 Å². The molecule has 0 spiro atoms. The van der Waals surface area contributed by atoms with E-state index in [1.807, 2.05) is 6.92 Å². The molecule has 33 heavy (non-hydrogen) atoms. The Morgan fingerprint density at radius 3 is 2.55 bits per heavy atom. The summed E-state index contributed by atoms with van der Waals surface area (Å²) in [7, 11) is 0. The number of carbonyl (C=O) groups is 2. The number of pyridine rings is 2. The molecule has 2 N–H and O–H groups in total. The van der Waals surface area contributed by atoms with E-state index in [2.05, 4.69) is 20.6 Å². The molecule has 3 aromatic heterocycles. The van der Waals surface area contributed by atoms with Crippen LogP contribution in [0.15, 0.2) is 61.1 Å². The Morgan fingerprint density at radius 1 is 1.03 bits per heavy atom. The molecule has 0 saturated carbocycles. The first-order valence-corrected chi connectivity index (χ1v) is 9.83. The van der Waals surface area contributed by atoms with Crippen molar-refractivity contribution in [3.63, 3.8) is 0 Å². The summed E-state index contributed by atoms with van der Waals surface area (Å²) < 4.78 is 40.6. The van der Waals surface area contributed by atoms with Gasteiger partial charge in [-0.3, -0.25) is 14.0 Å². The van der Waals surface area contributed by atoms with Gasteiger partial charge in [0.05, 0.1) is 23.1 Å². The minimum atomic E-state index is -4.54. The number of hydrogen-bond donors (Lipinski definition) is 2. The number of hydrogen-bond acceptors (Lipinski definition) is 4. The summed E-state index contributed by atoms with van der Waals surface area (Å²) in [5.41, 5.74) is 2.65. The molecule has 7 nitrogen and oxygen atoms in total. The number of anilines is 2. The van der Waals surface area contributed by atoms with E-state index in [0.29, 0.717) is 22.6 Å². The van der Waals surface area contributed by atoms with Gasteiger partial charge in [0.1, 0.15) is 5.82 Å². The van der Waals surface area contributed by atoms with Gasteiger partial charge in [-0.15, -0.1) is 0 Å². The molecule has 0 atom stereocenters. The van der Waals surface area contributed by atoms with Crippen molar-refractivity contribution in [2.75, 3.05) is 10.6 Å². The van der Waals surface area contributed by atoms with Crippen molar-refractivity contribution in [3.8, 4) is 11.3 Å². The summed E-state index contributed by atoms with van der Waals surface area (Å²) in [5.74, 6) is -1.03. The maximum absolute atomic E-state index is 12.9. The van der Waals surface area contributed by atoms with Crippen molar-refractivity contribution >= 4 is 29.0 Å². The smallest absolute Gasteiger partial charge is 0.323 e. The molecule has 0 saturated heterocycles. The van der Waals surface area contributed by atoms with E-state index < -0.39 is 17.6 Å². The van der Waals surface area contributed by atoms with Gasteiger partial charge >= 0.3 is 6.18 Å². The molecule has 4 aromatic rings. The van der Waals surface area contributed by atoms with Gasteiger partial charge in [-0.25, -0.2) is 9.97 Å². The van der Waals surface area contributed by atoms with Crippen LogP contribution in [-0.2, 0) is 11.0 Å². The van der Waals surface area contributed by atoms with Crippen LogP contribution in [0.3, 0.4) is 0 Å². The summed E-state index contributed by atoms with van der Waals surface area (Å²) >= 11 is 0. The Labute approximate surface area is 186 Å². The molecule has 1 aromatic carbocycles. The molecule has 2 amide bonds. The van der Waals surface area contributed by atoms with Gasteiger partial charge in [0, 0.05) is 30.4 Å². The monoisotopic (exact) mass is 453 g/mol. The van der Waals surface area contributed by atoms with Gasteiger partial charge in [-0.05, 0) is 48.9 Å². The number of benzene rings is 1. The van der Waals surface area contributed by atoms with Crippen molar-refractivity contribution in [2.45, 2.75) is 20.0 Å². The Kier molecular flexibility index (Phi) is 5.59. The number of amides is 2. The molecular formula is C23H18F3N5O2. The van der Waals surface area contributed by atoms with E-state index in [1.54, 1.807) is 47.1 Å². The van der Waals surface area contributed by atoms with Crippen LogP contribution < -0.4 is 10.6 Å². The Balaban J connectivity index is 1.68. The van der Waals surface area contributed by atoms with E-state index in [1.165, 1.54) is 6.92 Å². The van der Waals surface area contributed by atoms with Crippen LogP contribution in [0.1, 0.15) is 28.4 Å². The lowest BCUT2D eigenvalue weighted by atomic mass is 10.0. The number of alkyl halides is 3. The predicted molar refractivity (Wildman–Crippen MR) is 117 cm³/mol. The van der Waals surface area contributed by atoms with Crippen molar-refractivity contribution in [3.05, 3.63) is 77.7 Å². The van der Waals surface area contributed by atoms with E-state index in [9.17, 15) is 22.8 Å². The van der Waals surface area contributed by atoms with Gasteiger partial charge < -0.3 is 10.6 Å². The van der Waals surface area contributed by atoms with Crippen LogP contribution in [0.4, 0.5) is 24.7 Å². The largest absolute Gasteiger partial charge is 0.416 e. The van der Waals surface area contributed by atoms with Crippen LogP contribution in [0.25, 0.3) is 16.9 Å². The van der Waals surface area contributed by atoms with E-state index in [0.717, 1.165) is 23.9 Å².